The highest BCUT2D eigenvalue weighted by Gasteiger charge is 2.27. The van der Waals surface area contributed by atoms with Crippen molar-refractivity contribution < 1.29 is 19.4 Å². The van der Waals surface area contributed by atoms with Crippen molar-refractivity contribution in [3.8, 4) is 0 Å². The van der Waals surface area contributed by atoms with E-state index in [9.17, 15) is 9.59 Å². The second kappa shape index (κ2) is 7.47. The van der Waals surface area contributed by atoms with E-state index in [2.05, 4.69) is 5.32 Å². The number of carbonyl (C=O) groups excluding carboxylic acids is 1. The van der Waals surface area contributed by atoms with Crippen LogP contribution >= 0.6 is 0 Å². The molecule has 6 heteroatoms. The van der Waals surface area contributed by atoms with Crippen LogP contribution in [0.3, 0.4) is 0 Å². The van der Waals surface area contributed by atoms with Crippen molar-refractivity contribution in [2.75, 3.05) is 26.3 Å². The molecule has 1 atom stereocenters. The molecule has 0 aromatic heterocycles. The summed E-state index contributed by atoms with van der Waals surface area (Å²) in [6, 6.07) is -0.204. The molecule has 0 saturated carbocycles. The normalized spacial score (nSPS) is 19.4. The van der Waals surface area contributed by atoms with Crippen molar-refractivity contribution in [2.45, 2.75) is 45.6 Å². The van der Waals surface area contributed by atoms with Gasteiger partial charge in [-0.25, -0.2) is 4.79 Å². The first-order valence-corrected chi connectivity index (χ1v) is 7.15. The van der Waals surface area contributed by atoms with Gasteiger partial charge in [-0.05, 0) is 39.5 Å². The van der Waals surface area contributed by atoms with Crippen molar-refractivity contribution in [3.05, 3.63) is 0 Å². The number of aliphatic carboxylic acids is 1. The maximum atomic E-state index is 12.2. The number of nitrogens with zero attached hydrogens (tertiary/aromatic N) is 1. The van der Waals surface area contributed by atoms with Crippen LogP contribution in [0.2, 0.25) is 0 Å². The van der Waals surface area contributed by atoms with Crippen LogP contribution in [0.25, 0.3) is 0 Å². The summed E-state index contributed by atoms with van der Waals surface area (Å²) in [5.41, 5.74) is -0.400. The van der Waals surface area contributed by atoms with E-state index < -0.39 is 11.5 Å². The van der Waals surface area contributed by atoms with Gasteiger partial charge >= 0.3 is 12.0 Å². The van der Waals surface area contributed by atoms with Crippen molar-refractivity contribution in [2.24, 2.45) is 5.92 Å². The van der Waals surface area contributed by atoms with Crippen molar-refractivity contribution in [3.63, 3.8) is 0 Å². The van der Waals surface area contributed by atoms with Gasteiger partial charge in [0.1, 0.15) is 0 Å². The first-order chi connectivity index (χ1) is 9.30. The fourth-order valence-electron chi connectivity index (χ4n) is 2.24. The maximum absolute atomic E-state index is 12.2. The number of carboxylic acid groups (broad SMARTS) is 1. The molecule has 1 saturated heterocycles. The zero-order valence-corrected chi connectivity index (χ0v) is 12.6. The Labute approximate surface area is 120 Å². The summed E-state index contributed by atoms with van der Waals surface area (Å²) in [4.78, 5) is 24.5. The molecule has 1 heterocycles. The van der Waals surface area contributed by atoms with Crippen molar-refractivity contribution in [1.82, 2.24) is 10.2 Å². The monoisotopic (exact) mass is 286 g/mol. The summed E-state index contributed by atoms with van der Waals surface area (Å²) >= 11 is 0. The Bertz CT molecular complexity index is 333. The maximum Gasteiger partial charge on any atom is 0.317 e. The molecule has 0 radical (unpaired) electrons. The fraction of sp³-hybridized carbons (Fsp3) is 0.857. The van der Waals surface area contributed by atoms with Gasteiger partial charge in [0.2, 0.25) is 0 Å². The predicted octanol–water partition coefficient (Wildman–Crippen LogP) is 1.70. The average molecular weight is 286 g/mol. The topological polar surface area (TPSA) is 78.9 Å². The molecule has 1 rings (SSSR count). The van der Waals surface area contributed by atoms with E-state index in [1.165, 1.54) is 0 Å². The van der Waals surface area contributed by atoms with Gasteiger partial charge in [-0.2, -0.15) is 0 Å². The minimum absolute atomic E-state index is 0.0444. The molecule has 0 aliphatic carbocycles. The number of ether oxygens (including phenoxy) is 1. The van der Waals surface area contributed by atoms with E-state index in [4.69, 9.17) is 9.84 Å². The number of hydrogen-bond acceptors (Lipinski definition) is 3. The quantitative estimate of drug-likeness (QED) is 0.806. The average Bonchev–Trinajstić information content (AvgIpc) is 2.35. The van der Waals surface area contributed by atoms with Crippen LogP contribution in [0.4, 0.5) is 4.79 Å². The molecule has 2 N–H and O–H groups in total. The molecule has 0 bridgehead atoms. The van der Waals surface area contributed by atoms with Crippen LogP contribution in [0.1, 0.15) is 40.0 Å². The highest BCUT2D eigenvalue weighted by atomic mass is 16.5. The van der Waals surface area contributed by atoms with E-state index in [0.29, 0.717) is 19.1 Å². The van der Waals surface area contributed by atoms with Gasteiger partial charge in [0.15, 0.2) is 0 Å². The second-order valence-corrected chi connectivity index (χ2v) is 6.24. The zero-order valence-electron chi connectivity index (χ0n) is 12.6. The largest absolute Gasteiger partial charge is 0.481 e. The minimum Gasteiger partial charge on any atom is -0.481 e. The lowest BCUT2D eigenvalue weighted by Gasteiger charge is -2.36. The fourth-order valence-corrected chi connectivity index (χ4v) is 2.24. The molecule has 1 aliphatic rings. The number of hydrogen-bond donors (Lipinski definition) is 2. The Kier molecular flexibility index (Phi) is 6.26. The van der Waals surface area contributed by atoms with Gasteiger partial charge in [-0.15, -0.1) is 0 Å². The molecular weight excluding hydrogens is 260 g/mol. The van der Waals surface area contributed by atoms with Gasteiger partial charge in [0.05, 0.1) is 13.0 Å². The summed E-state index contributed by atoms with van der Waals surface area (Å²) in [5.74, 6) is -0.540. The predicted molar refractivity (Wildman–Crippen MR) is 75.7 cm³/mol. The van der Waals surface area contributed by atoms with Crippen molar-refractivity contribution >= 4 is 12.0 Å². The number of carboxylic acids is 1. The third-order valence-electron chi connectivity index (χ3n) is 3.40. The molecule has 116 valence electrons. The molecule has 1 unspecified atom stereocenters. The number of rotatable bonds is 5. The molecule has 0 spiro atoms. The smallest absolute Gasteiger partial charge is 0.317 e. The molecular formula is C14H26N2O4. The van der Waals surface area contributed by atoms with Crippen LogP contribution in [-0.2, 0) is 9.53 Å². The second-order valence-electron chi connectivity index (χ2n) is 6.24. The molecule has 2 amide bonds. The van der Waals surface area contributed by atoms with Crippen molar-refractivity contribution in [1.29, 1.82) is 0 Å². The van der Waals surface area contributed by atoms with Crippen LogP contribution in [-0.4, -0.2) is 53.8 Å². The summed E-state index contributed by atoms with van der Waals surface area (Å²) in [5, 5.41) is 11.7. The van der Waals surface area contributed by atoms with E-state index in [1.54, 1.807) is 4.90 Å². The van der Waals surface area contributed by atoms with Crippen LogP contribution < -0.4 is 5.32 Å². The highest BCUT2D eigenvalue weighted by molar-refractivity contribution is 5.76. The summed E-state index contributed by atoms with van der Waals surface area (Å²) in [6.45, 7) is 7.99. The molecule has 1 aliphatic heterocycles. The number of amides is 2. The van der Waals surface area contributed by atoms with E-state index in [1.807, 2.05) is 20.8 Å². The Morgan fingerprint density at radius 1 is 1.40 bits per heavy atom. The number of urea groups is 1. The first-order valence-electron chi connectivity index (χ1n) is 7.15. The van der Waals surface area contributed by atoms with E-state index >= 15 is 0 Å². The Morgan fingerprint density at radius 3 is 2.60 bits per heavy atom. The minimum atomic E-state index is -0.896. The molecule has 6 nitrogen and oxygen atoms in total. The summed E-state index contributed by atoms with van der Waals surface area (Å²) in [6.07, 6.45) is 2.05. The Morgan fingerprint density at radius 2 is 2.10 bits per heavy atom. The van der Waals surface area contributed by atoms with Gasteiger partial charge in [-0.3, -0.25) is 4.79 Å². The standard InChI is InChI=1S/C14H26N2O4/c1-14(2,3)16(7-6-12(17)18)13(19)15-9-11-5-4-8-20-10-11/h11H,4-10H2,1-3H3,(H,15,19)(H,17,18). The van der Waals surface area contributed by atoms with E-state index in [0.717, 1.165) is 19.4 Å². The Balaban J connectivity index is 2.47. The zero-order chi connectivity index (χ0) is 15.2. The summed E-state index contributed by atoms with van der Waals surface area (Å²) in [7, 11) is 0. The van der Waals surface area contributed by atoms with E-state index in [-0.39, 0.29) is 19.0 Å². The highest BCUT2D eigenvalue weighted by Crippen LogP contribution is 2.15. The SMILES string of the molecule is CC(C)(C)N(CCC(=O)O)C(=O)NCC1CCCOC1. The van der Waals surface area contributed by atoms with Crippen LogP contribution in [0.15, 0.2) is 0 Å². The number of nitrogens with one attached hydrogen (secondary N) is 1. The van der Waals surface area contributed by atoms with Crippen LogP contribution in [0, 0.1) is 5.92 Å². The lowest BCUT2D eigenvalue weighted by atomic mass is 10.0. The van der Waals surface area contributed by atoms with Crippen LogP contribution in [0.5, 0.6) is 0 Å². The Hall–Kier alpha value is -1.30. The molecule has 0 aromatic carbocycles. The van der Waals surface area contributed by atoms with Gasteiger partial charge in [0, 0.05) is 25.2 Å². The summed E-state index contributed by atoms with van der Waals surface area (Å²) < 4.78 is 5.38. The lowest BCUT2D eigenvalue weighted by Crippen LogP contribution is -2.52. The molecule has 20 heavy (non-hydrogen) atoms. The third-order valence-corrected chi connectivity index (χ3v) is 3.40. The molecule has 0 aromatic rings. The van der Waals surface area contributed by atoms with Gasteiger partial charge in [-0.1, -0.05) is 0 Å². The van der Waals surface area contributed by atoms with Gasteiger partial charge in [0.25, 0.3) is 0 Å². The number of carbonyl (C=O) groups is 2. The molecule has 1 fully saturated rings. The third kappa shape index (κ3) is 5.77. The lowest BCUT2D eigenvalue weighted by molar-refractivity contribution is -0.137. The van der Waals surface area contributed by atoms with Gasteiger partial charge < -0.3 is 20.1 Å². The first kappa shape index (κ1) is 16.8.